The van der Waals surface area contributed by atoms with E-state index in [0.717, 1.165) is 11.1 Å². The van der Waals surface area contributed by atoms with E-state index in [1.807, 2.05) is 19.9 Å². The molecular weight excluding hydrogens is 342 g/mol. The molecule has 0 aliphatic carbocycles. The summed E-state index contributed by atoms with van der Waals surface area (Å²) in [7, 11) is 3.12. The second kappa shape index (κ2) is 8.12. The van der Waals surface area contributed by atoms with Gasteiger partial charge in [0.25, 0.3) is 5.91 Å². The quantitative estimate of drug-likeness (QED) is 0.827. The summed E-state index contributed by atoms with van der Waals surface area (Å²) >= 11 is 5.94. The van der Waals surface area contributed by atoms with Gasteiger partial charge < -0.3 is 19.5 Å². The van der Waals surface area contributed by atoms with Crippen molar-refractivity contribution in [1.82, 2.24) is 0 Å². The Hall–Kier alpha value is -2.40. The zero-order chi connectivity index (χ0) is 18.6. The van der Waals surface area contributed by atoms with Gasteiger partial charge >= 0.3 is 0 Å². The maximum atomic E-state index is 12.5. The minimum Gasteiger partial charge on any atom is -0.493 e. The molecule has 0 saturated heterocycles. The van der Waals surface area contributed by atoms with Gasteiger partial charge in [-0.05, 0) is 56.2 Å². The second-order valence-corrected chi connectivity index (χ2v) is 6.12. The van der Waals surface area contributed by atoms with Crippen LogP contribution < -0.4 is 19.5 Å². The molecule has 2 aromatic rings. The van der Waals surface area contributed by atoms with Gasteiger partial charge in [-0.25, -0.2) is 0 Å². The lowest BCUT2D eigenvalue weighted by Crippen LogP contribution is -2.30. The SMILES string of the molecule is COc1cc(C)c(NC(=O)[C@H](C)Oc2ccc(Cl)cc2C)cc1OC. The van der Waals surface area contributed by atoms with E-state index in [1.54, 1.807) is 45.4 Å². The number of benzene rings is 2. The van der Waals surface area contributed by atoms with Crippen LogP contribution in [0.2, 0.25) is 5.02 Å². The average Bonchev–Trinajstić information content (AvgIpc) is 2.58. The third-order valence-corrected chi connectivity index (χ3v) is 4.03. The van der Waals surface area contributed by atoms with Gasteiger partial charge in [0, 0.05) is 16.8 Å². The van der Waals surface area contributed by atoms with E-state index in [1.165, 1.54) is 0 Å². The van der Waals surface area contributed by atoms with E-state index in [0.29, 0.717) is 28.0 Å². The van der Waals surface area contributed by atoms with Crippen LogP contribution in [0.4, 0.5) is 5.69 Å². The number of hydrogen-bond acceptors (Lipinski definition) is 4. The minimum atomic E-state index is -0.674. The highest BCUT2D eigenvalue weighted by atomic mass is 35.5. The summed E-state index contributed by atoms with van der Waals surface area (Å²) in [5.41, 5.74) is 2.38. The Morgan fingerprint density at radius 2 is 1.64 bits per heavy atom. The fraction of sp³-hybridized carbons (Fsp3) is 0.316. The number of anilines is 1. The van der Waals surface area contributed by atoms with Gasteiger partial charge in [-0.3, -0.25) is 4.79 Å². The van der Waals surface area contributed by atoms with Gasteiger partial charge in [0.2, 0.25) is 0 Å². The molecule has 0 unspecified atom stereocenters. The van der Waals surface area contributed by atoms with E-state index in [9.17, 15) is 4.79 Å². The zero-order valence-electron chi connectivity index (χ0n) is 15.0. The summed E-state index contributed by atoms with van der Waals surface area (Å²) in [6.07, 6.45) is -0.674. The van der Waals surface area contributed by atoms with Gasteiger partial charge in [0.05, 0.1) is 14.2 Å². The Bertz CT molecular complexity index is 776. The summed E-state index contributed by atoms with van der Waals surface area (Å²) in [6, 6.07) is 8.81. The molecule has 1 atom stereocenters. The fourth-order valence-corrected chi connectivity index (χ4v) is 2.57. The molecular formula is C19H22ClNO4. The van der Waals surface area contributed by atoms with Crippen LogP contribution in [0.3, 0.4) is 0 Å². The summed E-state index contributed by atoms with van der Waals surface area (Å²) in [6.45, 7) is 5.45. The number of methoxy groups -OCH3 is 2. The van der Waals surface area contributed by atoms with Crippen LogP contribution in [0.1, 0.15) is 18.1 Å². The van der Waals surface area contributed by atoms with Gasteiger partial charge in [0.15, 0.2) is 17.6 Å². The Morgan fingerprint density at radius 1 is 1.00 bits per heavy atom. The van der Waals surface area contributed by atoms with Crippen LogP contribution in [0.5, 0.6) is 17.2 Å². The Kier molecular flexibility index (Phi) is 6.15. The molecule has 1 amide bonds. The van der Waals surface area contributed by atoms with E-state index in [4.69, 9.17) is 25.8 Å². The molecule has 25 heavy (non-hydrogen) atoms. The number of nitrogens with one attached hydrogen (secondary N) is 1. The van der Waals surface area contributed by atoms with Crippen LogP contribution in [0, 0.1) is 13.8 Å². The molecule has 6 heteroatoms. The highest BCUT2D eigenvalue weighted by Crippen LogP contribution is 2.33. The van der Waals surface area contributed by atoms with Crippen molar-refractivity contribution in [2.75, 3.05) is 19.5 Å². The minimum absolute atomic E-state index is 0.260. The van der Waals surface area contributed by atoms with Crippen molar-refractivity contribution in [1.29, 1.82) is 0 Å². The molecule has 0 spiro atoms. The predicted octanol–water partition coefficient (Wildman–Crippen LogP) is 4.38. The number of carbonyl (C=O) groups is 1. The first-order valence-corrected chi connectivity index (χ1v) is 8.19. The molecule has 0 fully saturated rings. The summed E-state index contributed by atoms with van der Waals surface area (Å²) in [5.74, 6) is 1.52. The first-order chi connectivity index (χ1) is 11.8. The van der Waals surface area contributed by atoms with Crippen molar-refractivity contribution in [3.63, 3.8) is 0 Å². The van der Waals surface area contributed by atoms with Crippen molar-refractivity contribution in [3.05, 3.63) is 46.5 Å². The molecule has 0 heterocycles. The Morgan fingerprint density at radius 3 is 2.24 bits per heavy atom. The van der Waals surface area contributed by atoms with Crippen molar-refractivity contribution in [2.45, 2.75) is 26.9 Å². The van der Waals surface area contributed by atoms with Crippen LogP contribution in [-0.4, -0.2) is 26.2 Å². The van der Waals surface area contributed by atoms with E-state index >= 15 is 0 Å². The molecule has 5 nitrogen and oxygen atoms in total. The van der Waals surface area contributed by atoms with Gasteiger partial charge in [0.1, 0.15) is 5.75 Å². The monoisotopic (exact) mass is 363 g/mol. The summed E-state index contributed by atoms with van der Waals surface area (Å²) < 4.78 is 16.3. The van der Waals surface area contributed by atoms with Crippen LogP contribution >= 0.6 is 11.6 Å². The van der Waals surface area contributed by atoms with E-state index < -0.39 is 6.10 Å². The van der Waals surface area contributed by atoms with Crippen molar-refractivity contribution >= 4 is 23.2 Å². The molecule has 134 valence electrons. The maximum absolute atomic E-state index is 12.5. The molecule has 0 aromatic heterocycles. The van der Waals surface area contributed by atoms with E-state index in [2.05, 4.69) is 5.32 Å². The molecule has 0 bridgehead atoms. The van der Waals surface area contributed by atoms with Crippen LogP contribution in [0.25, 0.3) is 0 Å². The van der Waals surface area contributed by atoms with Gasteiger partial charge in [-0.1, -0.05) is 11.6 Å². The number of carbonyl (C=O) groups excluding carboxylic acids is 1. The normalized spacial score (nSPS) is 11.6. The second-order valence-electron chi connectivity index (χ2n) is 5.68. The van der Waals surface area contributed by atoms with Gasteiger partial charge in [-0.15, -0.1) is 0 Å². The molecule has 0 radical (unpaired) electrons. The maximum Gasteiger partial charge on any atom is 0.265 e. The number of rotatable bonds is 6. The number of hydrogen-bond donors (Lipinski definition) is 1. The summed E-state index contributed by atoms with van der Waals surface area (Å²) in [4.78, 5) is 12.5. The molecule has 2 aromatic carbocycles. The topological polar surface area (TPSA) is 56.8 Å². The number of amides is 1. The molecule has 0 aliphatic heterocycles. The van der Waals surface area contributed by atoms with Crippen molar-refractivity contribution in [3.8, 4) is 17.2 Å². The lowest BCUT2D eigenvalue weighted by Gasteiger charge is -2.18. The fourth-order valence-electron chi connectivity index (χ4n) is 2.34. The first-order valence-electron chi connectivity index (χ1n) is 7.82. The average molecular weight is 364 g/mol. The highest BCUT2D eigenvalue weighted by molar-refractivity contribution is 6.30. The van der Waals surface area contributed by atoms with Crippen LogP contribution in [-0.2, 0) is 4.79 Å². The standard InChI is InChI=1S/C19H22ClNO4/c1-11-9-17(23-4)18(24-5)10-15(11)21-19(22)13(3)25-16-7-6-14(20)8-12(16)2/h6-10,13H,1-5H3,(H,21,22)/t13-/m0/s1. The predicted molar refractivity (Wildman–Crippen MR) is 99.2 cm³/mol. The van der Waals surface area contributed by atoms with Crippen molar-refractivity contribution in [2.24, 2.45) is 0 Å². The Labute approximate surface area is 152 Å². The number of ether oxygens (including phenoxy) is 3. The lowest BCUT2D eigenvalue weighted by molar-refractivity contribution is -0.122. The molecule has 1 N–H and O–H groups in total. The van der Waals surface area contributed by atoms with Crippen LogP contribution in [0.15, 0.2) is 30.3 Å². The summed E-state index contributed by atoms with van der Waals surface area (Å²) in [5, 5.41) is 3.49. The number of aryl methyl sites for hydroxylation is 2. The highest BCUT2D eigenvalue weighted by Gasteiger charge is 2.18. The third-order valence-electron chi connectivity index (χ3n) is 3.80. The zero-order valence-corrected chi connectivity index (χ0v) is 15.7. The van der Waals surface area contributed by atoms with Crippen molar-refractivity contribution < 1.29 is 19.0 Å². The van der Waals surface area contributed by atoms with Gasteiger partial charge in [-0.2, -0.15) is 0 Å². The van der Waals surface area contributed by atoms with E-state index in [-0.39, 0.29) is 5.91 Å². The first kappa shape index (κ1) is 18.9. The molecule has 0 saturated carbocycles. The third kappa shape index (κ3) is 4.57. The lowest BCUT2D eigenvalue weighted by atomic mass is 10.1. The molecule has 2 rings (SSSR count). The smallest absolute Gasteiger partial charge is 0.265 e. The largest absolute Gasteiger partial charge is 0.493 e. The number of halogens is 1. The Balaban J connectivity index is 2.13. The molecule has 0 aliphatic rings.